The van der Waals surface area contributed by atoms with Gasteiger partial charge in [0.2, 0.25) is 5.91 Å². The van der Waals surface area contributed by atoms with Crippen LogP contribution >= 0.6 is 11.3 Å². The van der Waals surface area contributed by atoms with Crippen molar-refractivity contribution in [2.75, 3.05) is 27.7 Å². The molecule has 1 aromatic heterocycles. The molecule has 0 aliphatic carbocycles. The van der Waals surface area contributed by atoms with Gasteiger partial charge in [-0.2, -0.15) is 24.5 Å². The van der Waals surface area contributed by atoms with Gasteiger partial charge in [-0.1, -0.05) is 12.1 Å². The number of rotatable bonds is 6. The predicted octanol–water partition coefficient (Wildman–Crippen LogP) is 3.43. The SMILES string of the molecule is CN(C)C(=O)CNC(=NCc1cccc(C(F)(F)F)c1)N(C)Cc1ccsc1. The molecule has 0 radical (unpaired) electrons. The topological polar surface area (TPSA) is 47.9 Å². The molecule has 0 aliphatic rings. The van der Waals surface area contributed by atoms with Gasteiger partial charge in [0.15, 0.2) is 5.96 Å². The van der Waals surface area contributed by atoms with E-state index in [0.29, 0.717) is 18.1 Å². The molecule has 152 valence electrons. The van der Waals surface area contributed by atoms with Crippen LogP contribution in [0.25, 0.3) is 0 Å². The van der Waals surface area contributed by atoms with E-state index in [9.17, 15) is 18.0 Å². The quantitative estimate of drug-likeness (QED) is 0.584. The third-order valence-corrected chi connectivity index (χ3v) is 4.66. The minimum Gasteiger partial charge on any atom is -0.347 e. The van der Waals surface area contributed by atoms with Gasteiger partial charge in [-0.15, -0.1) is 0 Å². The lowest BCUT2D eigenvalue weighted by Crippen LogP contribution is -2.43. The van der Waals surface area contributed by atoms with Crippen LogP contribution in [0.15, 0.2) is 46.1 Å². The van der Waals surface area contributed by atoms with E-state index in [1.54, 1.807) is 31.5 Å². The van der Waals surface area contributed by atoms with E-state index >= 15 is 0 Å². The van der Waals surface area contributed by atoms with Crippen molar-refractivity contribution in [3.8, 4) is 0 Å². The number of carbonyl (C=O) groups is 1. The third-order valence-electron chi connectivity index (χ3n) is 3.92. The number of benzene rings is 1. The van der Waals surface area contributed by atoms with Crippen molar-refractivity contribution in [3.05, 3.63) is 57.8 Å². The number of nitrogens with one attached hydrogen (secondary N) is 1. The molecule has 2 aromatic rings. The lowest BCUT2D eigenvalue weighted by Gasteiger charge is -2.23. The van der Waals surface area contributed by atoms with Crippen LogP contribution in [-0.2, 0) is 24.1 Å². The first-order valence-electron chi connectivity index (χ1n) is 8.53. The monoisotopic (exact) mass is 412 g/mol. The van der Waals surface area contributed by atoms with Gasteiger partial charge in [-0.3, -0.25) is 4.79 Å². The summed E-state index contributed by atoms with van der Waals surface area (Å²) in [5.41, 5.74) is 0.820. The highest BCUT2D eigenvalue weighted by atomic mass is 32.1. The Balaban J connectivity index is 2.16. The number of guanidine groups is 1. The molecule has 5 nitrogen and oxygen atoms in total. The number of hydrogen-bond acceptors (Lipinski definition) is 3. The number of amides is 1. The van der Waals surface area contributed by atoms with Gasteiger partial charge < -0.3 is 15.1 Å². The molecule has 0 aliphatic heterocycles. The number of thiophene rings is 1. The Morgan fingerprint density at radius 3 is 2.54 bits per heavy atom. The molecule has 0 atom stereocenters. The molecule has 2 rings (SSSR count). The summed E-state index contributed by atoms with van der Waals surface area (Å²) in [5.74, 6) is 0.314. The molecule has 28 heavy (non-hydrogen) atoms. The van der Waals surface area contributed by atoms with Crippen LogP contribution in [0, 0.1) is 0 Å². The maximum atomic E-state index is 12.9. The summed E-state index contributed by atoms with van der Waals surface area (Å²) < 4.78 is 38.7. The Morgan fingerprint density at radius 1 is 1.18 bits per heavy atom. The molecule has 1 heterocycles. The average Bonchev–Trinajstić information content (AvgIpc) is 3.13. The zero-order valence-corrected chi connectivity index (χ0v) is 16.8. The van der Waals surface area contributed by atoms with E-state index in [4.69, 9.17) is 0 Å². The molecule has 1 amide bonds. The summed E-state index contributed by atoms with van der Waals surface area (Å²) in [6.45, 7) is 0.673. The summed E-state index contributed by atoms with van der Waals surface area (Å²) in [5, 5.41) is 6.96. The van der Waals surface area contributed by atoms with E-state index in [1.165, 1.54) is 11.0 Å². The van der Waals surface area contributed by atoms with Crippen LogP contribution in [0.2, 0.25) is 0 Å². The zero-order chi connectivity index (χ0) is 20.7. The second-order valence-corrected chi connectivity index (χ2v) is 7.25. The summed E-state index contributed by atoms with van der Waals surface area (Å²) >= 11 is 1.58. The maximum Gasteiger partial charge on any atom is 0.416 e. The number of nitrogens with zero attached hydrogens (tertiary/aromatic N) is 3. The van der Waals surface area contributed by atoms with E-state index in [0.717, 1.165) is 17.7 Å². The normalized spacial score (nSPS) is 12.0. The molecule has 0 unspecified atom stereocenters. The summed E-state index contributed by atoms with van der Waals surface area (Å²) in [6.07, 6.45) is -4.39. The fourth-order valence-corrected chi connectivity index (χ4v) is 3.03. The van der Waals surface area contributed by atoms with Crippen molar-refractivity contribution < 1.29 is 18.0 Å². The summed E-state index contributed by atoms with van der Waals surface area (Å²) in [4.78, 5) is 19.6. The Kier molecular flexibility index (Phi) is 7.45. The number of halogens is 3. The number of hydrogen-bond donors (Lipinski definition) is 1. The lowest BCUT2D eigenvalue weighted by atomic mass is 10.1. The molecule has 1 aromatic carbocycles. The standard InChI is InChI=1S/C19H23F3N4OS/c1-25(2)17(27)11-24-18(26(3)12-15-7-8-28-13-15)23-10-14-5-4-6-16(9-14)19(20,21)22/h4-9,13H,10-12H2,1-3H3,(H,23,24). The highest BCUT2D eigenvalue weighted by Gasteiger charge is 2.30. The molecule has 0 fully saturated rings. The van der Waals surface area contributed by atoms with Gasteiger partial charge in [-0.05, 0) is 40.1 Å². The van der Waals surface area contributed by atoms with Crippen molar-refractivity contribution in [3.63, 3.8) is 0 Å². The second-order valence-electron chi connectivity index (χ2n) is 6.47. The number of carbonyl (C=O) groups excluding carboxylic acids is 1. The third kappa shape index (κ3) is 6.56. The van der Waals surface area contributed by atoms with E-state index < -0.39 is 11.7 Å². The van der Waals surface area contributed by atoms with Gasteiger partial charge in [0.05, 0.1) is 18.7 Å². The summed E-state index contributed by atoms with van der Waals surface area (Å²) in [7, 11) is 5.12. The number of aliphatic imine (C=N–C) groups is 1. The van der Waals surface area contributed by atoms with Crippen molar-refractivity contribution in [2.24, 2.45) is 4.99 Å². The fraction of sp³-hybridized carbons (Fsp3) is 0.368. The number of likely N-dealkylation sites (N-methyl/N-ethyl adjacent to an activating group) is 1. The first-order chi connectivity index (χ1) is 13.2. The molecular formula is C19H23F3N4OS. The molecular weight excluding hydrogens is 389 g/mol. The largest absolute Gasteiger partial charge is 0.416 e. The van der Waals surface area contributed by atoms with Crippen molar-refractivity contribution >= 4 is 23.2 Å². The second kappa shape index (κ2) is 9.59. The van der Waals surface area contributed by atoms with Crippen LogP contribution in [0.1, 0.15) is 16.7 Å². The maximum absolute atomic E-state index is 12.9. The Hall–Kier alpha value is -2.55. The minimum atomic E-state index is -4.39. The molecule has 9 heteroatoms. The average molecular weight is 412 g/mol. The first-order valence-corrected chi connectivity index (χ1v) is 9.48. The van der Waals surface area contributed by atoms with Gasteiger partial charge in [0, 0.05) is 27.7 Å². The zero-order valence-electron chi connectivity index (χ0n) is 16.0. The Labute approximate surface area is 166 Å². The van der Waals surface area contributed by atoms with E-state index in [2.05, 4.69) is 10.3 Å². The van der Waals surface area contributed by atoms with Crippen LogP contribution < -0.4 is 5.32 Å². The Bertz CT molecular complexity index is 804. The van der Waals surface area contributed by atoms with E-state index in [1.807, 2.05) is 28.8 Å². The van der Waals surface area contributed by atoms with Crippen LogP contribution in [0.4, 0.5) is 13.2 Å². The molecule has 0 bridgehead atoms. The highest BCUT2D eigenvalue weighted by Crippen LogP contribution is 2.29. The first kappa shape index (κ1) is 21.7. The molecule has 0 saturated carbocycles. The molecule has 0 saturated heterocycles. The predicted molar refractivity (Wildman–Crippen MR) is 105 cm³/mol. The van der Waals surface area contributed by atoms with Crippen molar-refractivity contribution in [1.29, 1.82) is 0 Å². The van der Waals surface area contributed by atoms with Gasteiger partial charge in [-0.25, -0.2) is 4.99 Å². The smallest absolute Gasteiger partial charge is 0.347 e. The van der Waals surface area contributed by atoms with Crippen molar-refractivity contribution in [1.82, 2.24) is 15.1 Å². The van der Waals surface area contributed by atoms with Crippen LogP contribution in [0.5, 0.6) is 0 Å². The lowest BCUT2D eigenvalue weighted by molar-refractivity contribution is -0.137. The fourth-order valence-electron chi connectivity index (χ4n) is 2.37. The van der Waals surface area contributed by atoms with Crippen LogP contribution in [-0.4, -0.2) is 49.4 Å². The Morgan fingerprint density at radius 2 is 1.93 bits per heavy atom. The highest BCUT2D eigenvalue weighted by molar-refractivity contribution is 7.07. The molecule has 0 spiro atoms. The van der Waals surface area contributed by atoms with Gasteiger partial charge in [0.25, 0.3) is 0 Å². The van der Waals surface area contributed by atoms with Gasteiger partial charge in [0.1, 0.15) is 0 Å². The number of alkyl halides is 3. The van der Waals surface area contributed by atoms with Gasteiger partial charge >= 0.3 is 6.18 Å². The minimum absolute atomic E-state index is 0.0440. The van der Waals surface area contributed by atoms with E-state index in [-0.39, 0.29) is 19.0 Å². The summed E-state index contributed by atoms with van der Waals surface area (Å²) in [6, 6.07) is 7.07. The van der Waals surface area contributed by atoms with Crippen LogP contribution in [0.3, 0.4) is 0 Å². The van der Waals surface area contributed by atoms with Crippen molar-refractivity contribution in [2.45, 2.75) is 19.3 Å². The molecule has 1 N–H and O–H groups in total.